The van der Waals surface area contributed by atoms with Crippen LogP contribution in [0.15, 0.2) is 48.5 Å². The average Bonchev–Trinajstić information content (AvgIpc) is 2.50. The Balaban J connectivity index is 1.99. The van der Waals surface area contributed by atoms with Crippen LogP contribution in [-0.2, 0) is 4.79 Å². The lowest BCUT2D eigenvalue weighted by Gasteiger charge is -2.15. The van der Waals surface area contributed by atoms with Crippen molar-refractivity contribution >= 4 is 28.9 Å². The third kappa shape index (κ3) is 3.95. The van der Waals surface area contributed by atoms with Crippen LogP contribution < -0.4 is 10.1 Å². The molecule has 0 saturated heterocycles. The summed E-state index contributed by atoms with van der Waals surface area (Å²) in [4.78, 5) is 22.1. The van der Waals surface area contributed by atoms with E-state index in [2.05, 4.69) is 5.32 Å². The van der Waals surface area contributed by atoms with Crippen LogP contribution in [0.2, 0.25) is 5.02 Å². The number of hydrogen-bond donors (Lipinski definition) is 1. The van der Waals surface area contributed by atoms with Crippen molar-refractivity contribution in [3.63, 3.8) is 0 Å². The molecular formula is C15H13ClN2O4. The van der Waals surface area contributed by atoms with Gasteiger partial charge in [-0.1, -0.05) is 23.7 Å². The number of nitro benzene ring substituents is 1. The summed E-state index contributed by atoms with van der Waals surface area (Å²) in [7, 11) is 0. The zero-order chi connectivity index (χ0) is 16.1. The molecule has 1 amide bonds. The molecule has 114 valence electrons. The lowest BCUT2D eigenvalue weighted by Crippen LogP contribution is -2.30. The number of anilines is 1. The summed E-state index contributed by atoms with van der Waals surface area (Å²) >= 11 is 5.96. The van der Waals surface area contributed by atoms with Crippen LogP contribution in [0.25, 0.3) is 0 Å². The van der Waals surface area contributed by atoms with Gasteiger partial charge in [0.15, 0.2) is 6.10 Å². The number of rotatable bonds is 5. The summed E-state index contributed by atoms with van der Waals surface area (Å²) in [5, 5.41) is 13.6. The van der Waals surface area contributed by atoms with E-state index in [1.165, 1.54) is 24.3 Å². The van der Waals surface area contributed by atoms with Crippen molar-refractivity contribution in [2.75, 3.05) is 5.32 Å². The Bertz CT molecular complexity index is 688. The van der Waals surface area contributed by atoms with E-state index in [4.69, 9.17) is 16.3 Å². The standard InChI is InChI=1S/C15H13ClN2O4/c1-10(22-14-5-3-2-4-13(14)16)15(19)17-11-6-8-12(9-7-11)18(20)21/h2-10H,1H3,(H,17,19)/t10-/m0/s1. The number of hydrogen-bond acceptors (Lipinski definition) is 4. The summed E-state index contributed by atoms with van der Waals surface area (Å²) < 4.78 is 5.49. The molecule has 1 N–H and O–H groups in total. The first kappa shape index (κ1) is 15.8. The van der Waals surface area contributed by atoms with Gasteiger partial charge in [-0.05, 0) is 31.2 Å². The van der Waals surface area contributed by atoms with Crippen molar-refractivity contribution in [3.8, 4) is 5.75 Å². The summed E-state index contributed by atoms with van der Waals surface area (Å²) in [6.45, 7) is 1.59. The zero-order valence-electron chi connectivity index (χ0n) is 11.7. The van der Waals surface area contributed by atoms with Gasteiger partial charge in [0.1, 0.15) is 5.75 Å². The number of benzene rings is 2. The molecule has 0 spiro atoms. The third-order valence-electron chi connectivity index (χ3n) is 2.86. The number of nitro groups is 1. The molecule has 0 unspecified atom stereocenters. The lowest BCUT2D eigenvalue weighted by atomic mass is 10.2. The minimum atomic E-state index is -0.768. The minimum Gasteiger partial charge on any atom is -0.479 e. The Morgan fingerprint density at radius 1 is 1.23 bits per heavy atom. The molecule has 0 aromatic heterocycles. The predicted octanol–water partition coefficient (Wildman–Crippen LogP) is 3.65. The first-order valence-corrected chi connectivity index (χ1v) is 6.81. The maximum absolute atomic E-state index is 12.0. The quantitative estimate of drug-likeness (QED) is 0.673. The molecule has 0 fully saturated rings. The van der Waals surface area contributed by atoms with Crippen molar-refractivity contribution in [1.29, 1.82) is 0 Å². The Labute approximate surface area is 131 Å². The number of ether oxygens (including phenoxy) is 1. The number of non-ortho nitro benzene ring substituents is 1. The highest BCUT2D eigenvalue weighted by molar-refractivity contribution is 6.32. The molecule has 22 heavy (non-hydrogen) atoms. The Kier molecular flexibility index (Phi) is 4.95. The maximum atomic E-state index is 12.0. The van der Waals surface area contributed by atoms with Crippen molar-refractivity contribution in [1.82, 2.24) is 0 Å². The fraction of sp³-hybridized carbons (Fsp3) is 0.133. The van der Waals surface area contributed by atoms with Gasteiger partial charge in [0.2, 0.25) is 0 Å². The van der Waals surface area contributed by atoms with Crippen LogP contribution in [0.4, 0.5) is 11.4 Å². The van der Waals surface area contributed by atoms with Crippen molar-refractivity contribution in [3.05, 3.63) is 63.7 Å². The van der Waals surface area contributed by atoms with Gasteiger partial charge in [-0.15, -0.1) is 0 Å². The number of halogens is 1. The number of carbonyl (C=O) groups excluding carboxylic acids is 1. The smallest absolute Gasteiger partial charge is 0.269 e. The Morgan fingerprint density at radius 3 is 2.45 bits per heavy atom. The van der Waals surface area contributed by atoms with E-state index in [-0.39, 0.29) is 11.6 Å². The lowest BCUT2D eigenvalue weighted by molar-refractivity contribution is -0.384. The van der Waals surface area contributed by atoms with Gasteiger partial charge in [0, 0.05) is 17.8 Å². The zero-order valence-corrected chi connectivity index (χ0v) is 12.4. The Hall–Kier alpha value is -2.60. The highest BCUT2D eigenvalue weighted by Gasteiger charge is 2.16. The second-order valence-corrected chi connectivity index (χ2v) is 4.89. The molecule has 2 rings (SSSR count). The van der Waals surface area contributed by atoms with E-state index in [0.717, 1.165) is 0 Å². The predicted molar refractivity (Wildman–Crippen MR) is 83.3 cm³/mol. The average molecular weight is 321 g/mol. The minimum absolute atomic E-state index is 0.0432. The van der Waals surface area contributed by atoms with Crippen LogP contribution in [-0.4, -0.2) is 16.9 Å². The molecule has 0 saturated carbocycles. The SMILES string of the molecule is C[C@H](Oc1ccccc1Cl)C(=O)Nc1ccc([N+](=O)[O-])cc1. The monoisotopic (exact) mass is 320 g/mol. The van der Waals surface area contributed by atoms with Crippen molar-refractivity contribution in [2.45, 2.75) is 13.0 Å². The fourth-order valence-electron chi connectivity index (χ4n) is 1.69. The second-order valence-electron chi connectivity index (χ2n) is 4.48. The molecule has 0 aliphatic heterocycles. The van der Waals surface area contributed by atoms with Crippen LogP contribution in [0.5, 0.6) is 5.75 Å². The van der Waals surface area contributed by atoms with Crippen molar-refractivity contribution < 1.29 is 14.5 Å². The van der Waals surface area contributed by atoms with E-state index in [1.54, 1.807) is 31.2 Å². The number of carbonyl (C=O) groups is 1. The fourth-order valence-corrected chi connectivity index (χ4v) is 1.87. The molecular weight excluding hydrogens is 308 g/mol. The molecule has 1 atom stereocenters. The highest BCUT2D eigenvalue weighted by atomic mass is 35.5. The number of amides is 1. The molecule has 0 heterocycles. The summed E-state index contributed by atoms with van der Waals surface area (Å²) in [6.07, 6.45) is -0.768. The topological polar surface area (TPSA) is 81.5 Å². The molecule has 0 aliphatic rings. The molecule has 6 nitrogen and oxygen atoms in total. The largest absolute Gasteiger partial charge is 0.479 e. The first-order chi connectivity index (χ1) is 10.5. The summed E-state index contributed by atoms with van der Waals surface area (Å²) in [5.41, 5.74) is 0.406. The van der Waals surface area contributed by atoms with E-state index in [1.807, 2.05) is 0 Å². The Morgan fingerprint density at radius 2 is 1.86 bits per heavy atom. The van der Waals surface area contributed by atoms with Gasteiger partial charge < -0.3 is 10.1 Å². The van der Waals surface area contributed by atoms with Crippen LogP contribution in [0.3, 0.4) is 0 Å². The molecule has 2 aromatic rings. The molecule has 0 aliphatic carbocycles. The van der Waals surface area contributed by atoms with E-state index in [9.17, 15) is 14.9 Å². The molecule has 7 heteroatoms. The number of nitrogens with one attached hydrogen (secondary N) is 1. The van der Waals surface area contributed by atoms with E-state index < -0.39 is 11.0 Å². The summed E-state index contributed by atoms with van der Waals surface area (Å²) in [5.74, 6) is 0.0317. The van der Waals surface area contributed by atoms with Crippen molar-refractivity contribution in [2.24, 2.45) is 0 Å². The molecule has 0 bridgehead atoms. The number of nitrogens with zero attached hydrogens (tertiary/aromatic N) is 1. The van der Waals surface area contributed by atoms with Gasteiger partial charge >= 0.3 is 0 Å². The van der Waals surface area contributed by atoms with Gasteiger partial charge in [-0.2, -0.15) is 0 Å². The second kappa shape index (κ2) is 6.91. The van der Waals surface area contributed by atoms with Crippen LogP contribution in [0, 0.1) is 10.1 Å². The van der Waals surface area contributed by atoms with Gasteiger partial charge in [0.05, 0.1) is 9.95 Å². The first-order valence-electron chi connectivity index (χ1n) is 6.44. The summed E-state index contributed by atoms with van der Waals surface area (Å²) in [6, 6.07) is 12.4. The van der Waals surface area contributed by atoms with Crippen LogP contribution in [0.1, 0.15) is 6.92 Å². The number of para-hydroxylation sites is 1. The third-order valence-corrected chi connectivity index (χ3v) is 3.17. The molecule has 2 aromatic carbocycles. The van der Waals surface area contributed by atoms with Crippen LogP contribution >= 0.6 is 11.6 Å². The highest BCUT2D eigenvalue weighted by Crippen LogP contribution is 2.24. The van der Waals surface area contributed by atoms with Gasteiger partial charge in [-0.3, -0.25) is 14.9 Å². The van der Waals surface area contributed by atoms with E-state index >= 15 is 0 Å². The maximum Gasteiger partial charge on any atom is 0.269 e. The van der Waals surface area contributed by atoms with Gasteiger partial charge in [-0.25, -0.2) is 0 Å². The van der Waals surface area contributed by atoms with Gasteiger partial charge in [0.25, 0.3) is 11.6 Å². The molecule has 0 radical (unpaired) electrons. The normalized spacial score (nSPS) is 11.5. The van der Waals surface area contributed by atoms with E-state index in [0.29, 0.717) is 16.5 Å².